The molecule has 1 saturated heterocycles. The summed E-state index contributed by atoms with van der Waals surface area (Å²) in [6, 6.07) is 9.06. The molecule has 0 spiro atoms. The van der Waals surface area contributed by atoms with Gasteiger partial charge in [0.2, 0.25) is 0 Å². The van der Waals surface area contributed by atoms with Gasteiger partial charge in [-0.25, -0.2) is 14.6 Å². The minimum absolute atomic E-state index is 0.0874. The fourth-order valence-electron chi connectivity index (χ4n) is 3.68. The van der Waals surface area contributed by atoms with E-state index in [1.807, 2.05) is 25.1 Å². The molecule has 5 heterocycles. The average molecular weight is 385 g/mol. The number of aromatic nitrogens is 6. The molecule has 0 aromatic carbocycles. The van der Waals surface area contributed by atoms with E-state index in [0.717, 1.165) is 46.9 Å². The molecule has 144 valence electrons. The van der Waals surface area contributed by atoms with E-state index in [1.54, 1.807) is 41.6 Å². The topological polar surface area (TPSA) is 89.7 Å². The van der Waals surface area contributed by atoms with Crippen molar-refractivity contribution in [3.63, 3.8) is 0 Å². The number of pyridine rings is 2. The van der Waals surface area contributed by atoms with Crippen LogP contribution in [0.1, 0.15) is 5.82 Å². The Bertz CT molecular complexity index is 1230. The van der Waals surface area contributed by atoms with Crippen LogP contribution in [-0.2, 0) is 6.54 Å². The van der Waals surface area contributed by atoms with Gasteiger partial charge in [-0.1, -0.05) is 0 Å². The zero-order chi connectivity index (χ0) is 19.8. The Morgan fingerprint density at radius 2 is 1.79 bits per heavy atom. The SMILES string of the molecule is Cc1nc(N2CC(Cn3nc(-c4ccncc4)ccc3=O)C2)c2ccncc2n1. The predicted octanol–water partition coefficient (Wildman–Crippen LogP) is 2.09. The van der Waals surface area contributed by atoms with E-state index in [9.17, 15) is 4.79 Å². The zero-order valence-corrected chi connectivity index (χ0v) is 15.9. The summed E-state index contributed by atoms with van der Waals surface area (Å²) in [5, 5.41) is 5.55. The van der Waals surface area contributed by atoms with Gasteiger partial charge in [0.15, 0.2) is 0 Å². The molecule has 0 unspecified atom stereocenters. The molecule has 0 amide bonds. The normalized spacial score (nSPS) is 14.2. The Balaban J connectivity index is 1.35. The number of hydrogen-bond donors (Lipinski definition) is 0. The molecule has 0 atom stereocenters. The lowest BCUT2D eigenvalue weighted by Gasteiger charge is -2.40. The first-order chi connectivity index (χ1) is 14.2. The molecular weight excluding hydrogens is 366 g/mol. The van der Waals surface area contributed by atoms with Gasteiger partial charge in [-0.2, -0.15) is 5.10 Å². The van der Waals surface area contributed by atoms with Gasteiger partial charge in [0.1, 0.15) is 11.6 Å². The fraction of sp³-hybridized carbons (Fsp3) is 0.238. The molecule has 0 aliphatic carbocycles. The van der Waals surface area contributed by atoms with E-state index in [-0.39, 0.29) is 5.56 Å². The first-order valence-corrected chi connectivity index (χ1v) is 9.49. The van der Waals surface area contributed by atoms with Crippen molar-refractivity contribution in [2.45, 2.75) is 13.5 Å². The van der Waals surface area contributed by atoms with E-state index in [2.05, 4.69) is 29.9 Å². The number of aryl methyl sites for hydroxylation is 1. The summed E-state index contributed by atoms with van der Waals surface area (Å²) in [4.78, 5) is 31.8. The van der Waals surface area contributed by atoms with Crippen LogP contribution in [0.4, 0.5) is 5.82 Å². The molecule has 0 bridgehead atoms. The van der Waals surface area contributed by atoms with Gasteiger partial charge in [0.05, 0.1) is 24.0 Å². The molecule has 0 radical (unpaired) electrons. The van der Waals surface area contributed by atoms with Crippen LogP contribution in [0, 0.1) is 12.8 Å². The molecule has 4 aromatic heterocycles. The maximum absolute atomic E-state index is 12.3. The summed E-state index contributed by atoms with van der Waals surface area (Å²) in [5.74, 6) is 1.99. The summed E-state index contributed by atoms with van der Waals surface area (Å²) in [7, 11) is 0. The minimum atomic E-state index is -0.0874. The summed E-state index contributed by atoms with van der Waals surface area (Å²) in [6.07, 6.45) is 6.97. The smallest absolute Gasteiger partial charge is 0.266 e. The van der Waals surface area contributed by atoms with Crippen LogP contribution in [0.15, 0.2) is 59.9 Å². The largest absolute Gasteiger partial charge is 0.355 e. The van der Waals surface area contributed by atoms with Crippen LogP contribution in [0.3, 0.4) is 0 Å². The highest BCUT2D eigenvalue weighted by Crippen LogP contribution is 2.29. The third-order valence-electron chi connectivity index (χ3n) is 5.12. The Hall–Kier alpha value is -3.68. The Labute approximate surface area is 166 Å². The minimum Gasteiger partial charge on any atom is -0.355 e. The fourth-order valence-corrected chi connectivity index (χ4v) is 3.68. The highest BCUT2D eigenvalue weighted by Gasteiger charge is 2.30. The van der Waals surface area contributed by atoms with Gasteiger partial charge < -0.3 is 4.90 Å². The van der Waals surface area contributed by atoms with Crippen LogP contribution >= 0.6 is 0 Å². The first-order valence-electron chi connectivity index (χ1n) is 9.49. The lowest BCUT2D eigenvalue weighted by molar-refractivity contribution is 0.334. The molecule has 8 heteroatoms. The monoisotopic (exact) mass is 385 g/mol. The Kier molecular flexibility index (Phi) is 4.23. The number of nitrogens with zero attached hydrogens (tertiary/aromatic N) is 7. The summed E-state index contributed by atoms with van der Waals surface area (Å²) >= 11 is 0. The van der Waals surface area contributed by atoms with E-state index < -0.39 is 0 Å². The summed E-state index contributed by atoms with van der Waals surface area (Å²) in [5.41, 5.74) is 2.48. The number of hydrogen-bond acceptors (Lipinski definition) is 7. The molecule has 0 saturated carbocycles. The molecule has 4 aromatic rings. The number of anilines is 1. The second kappa shape index (κ2) is 7.05. The van der Waals surface area contributed by atoms with Crippen LogP contribution in [0.5, 0.6) is 0 Å². The maximum Gasteiger partial charge on any atom is 0.266 e. The quantitative estimate of drug-likeness (QED) is 0.531. The van der Waals surface area contributed by atoms with E-state index in [0.29, 0.717) is 12.5 Å². The second-order valence-corrected chi connectivity index (χ2v) is 7.23. The average Bonchev–Trinajstić information content (AvgIpc) is 2.71. The van der Waals surface area contributed by atoms with Crippen molar-refractivity contribution in [3.05, 3.63) is 71.3 Å². The Morgan fingerprint density at radius 3 is 2.62 bits per heavy atom. The lowest BCUT2D eigenvalue weighted by atomic mass is 9.99. The highest BCUT2D eigenvalue weighted by atomic mass is 16.1. The lowest BCUT2D eigenvalue weighted by Crippen LogP contribution is -2.50. The van der Waals surface area contributed by atoms with Gasteiger partial charge in [-0.05, 0) is 31.2 Å². The van der Waals surface area contributed by atoms with Crippen molar-refractivity contribution in [1.82, 2.24) is 29.7 Å². The standard InChI is InChI=1S/C21H19N7O/c1-14-24-19-10-23-9-6-17(19)21(25-14)27-11-15(12-27)13-28-20(29)3-2-18(26-28)16-4-7-22-8-5-16/h2-10,15H,11-13H2,1H3. The first kappa shape index (κ1) is 17.4. The number of rotatable bonds is 4. The van der Waals surface area contributed by atoms with Crippen molar-refractivity contribution in [1.29, 1.82) is 0 Å². The van der Waals surface area contributed by atoms with Crippen LogP contribution in [0.2, 0.25) is 0 Å². The van der Waals surface area contributed by atoms with Gasteiger partial charge in [-0.3, -0.25) is 14.8 Å². The molecule has 5 rings (SSSR count). The third kappa shape index (κ3) is 3.33. The van der Waals surface area contributed by atoms with E-state index in [4.69, 9.17) is 0 Å². The van der Waals surface area contributed by atoms with Crippen LogP contribution in [-0.4, -0.2) is 42.8 Å². The van der Waals surface area contributed by atoms with Crippen LogP contribution < -0.4 is 10.5 Å². The second-order valence-electron chi connectivity index (χ2n) is 7.23. The molecule has 1 aliphatic heterocycles. The number of fused-ring (bicyclic) bond motifs is 1. The molecular formula is C21H19N7O. The van der Waals surface area contributed by atoms with Crippen molar-refractivity contribution >= 4 is 16.7 Å². The van der Waals surface area contributed by atoms with E-state index in [1.165, 1.54) is 0 Å². The van der Waals surface area contributed by atoms with Crippen LogP contribution in [0.25, 0.3) is 22.2 Å². The van der Waals surface area contributed by atoms with Crippen molar-refractivity contribution in [3.8, 4) is 11.3 Å². The molecule has 8 nitrogen and oxygen atoms in total. The summed E-state index contributed by atoms with van der Waals surface area (Å²) in [6.45, 7) is 4.11. The van der Waals surface area contributed by atoms with Gasteiger partial charge >= 0.3 is 0 Å². The van der Waals surface area contributed by atoms with Crippen molar-refractivity contribution in [2.24, 2.45) is 5.92 Å². The van der Waals surface area contributed by atoms with E-state index >= 15 is 0 Å². The van der Waals surface area contributed by atoms with Gasteiger partial charge in [-0.15, -0.1) is 0 Å². The molecule has 1 fully saturated rings. The van der Waals surface area contributed by atoms with Gasteiger partial charge in [0.25, 0.3) is 5.56 Å². The third-order valence-corrected chi connectivity index (χ3v) is 5.12. The summed E-state index contributed by atoms with van der Waals surface area (Å²) < 4.78 is 1.56. The zero-order valence-electron chi connectivity index (χ0n) is 15.9. The molecule has 0 N–H and O–H groups in total. The predicted molar refractivity (Wildman–Crippen MR) is 110 cm³/mol. The van der Waals surface area contributed by atoms with Crippen molar-refractivity contribution in [2.75, 3.05) is 18.0 Å². The Morgan fingerprint density at radius 1 is 1.00 bits per heavy atom. The molecule has 29 heavy (non-hydrogen) atoms. The van der Waals surface area contributed by atoms with Crippen molar-refractivity contribution < 1.29 is 0 Å². The molecule has 1 aliphatic rings. The van der Waals surface area contributed by atoms with Gasteiger partial charge in [0, 0.05) is 54.6 Å². The maximum atomic E-state index is 12.3. The highest BCUT2D eigenvalue weighted by molar-refractivity contribution is 5.89.